The zero-order valence-corrected chi connectivity index (χ0v) is 31.2. The van der Waals surface area contributed by atoms with Gasteiger partial charge in [-0.05, 0) is 0 Å². The molecule has 0 atom stereocenters. The van der Waals surface area contributed by atoms with Gasteiger partial charge in [0.2, 0.25) is 0 Å². The van der Waals surface area contributed by atoms with Gasteiger partial charge in [-0.25, -0.2) is 0 Å². The summed E-state index contributed by atoms with van der Waals surface area (Å²) in [6, 6.07) is 0. The molecule has 43 heavy (non-hydrogen) atoms. The van der Waals surface area contributed by atoms with Crippen LogP contribution in [0, 0.1) is 0 Å². The second kappa shape index (κ2) is 36.8. The summed E-state index contributed by atoms with van der Waals surface area (Å²) >= 11 is 0. The van der Waals surface area contributed by atoms with Gasteiger partial charge >= 0.3 is 240 Å². The average Bonchev–Trinajstić information content (AvgIpc) is 3.01. The van der Waals surface area contributed by atoms with E-state index in [4.69, 9.17) is 9.05 Å². The molecule has 0 aromatic rings. The molecular weight excluding hydrogens is 547 g/mol. The SMILES string of the molecule is CCCCCCCCCCCCCO[PH](O)(CCCCCCCCCCCCC)OCCCCCCCCCCCCC. The van der Waals surface area contributed by atoms with E-state index in [-0.39, 0.29) is 0 Å². The van der Waals surface area contributed by atoms with Crippen molar-refractivity contribution in [3.05, 3.63) is 0 Å². The van der Waals surface area contributed by atoms with Crippen molar-refractivity contribution in [3.63, 3.8) is 0 Å². The van der Waals surface area contributed by atoms with Crippen LogP contribution in [0.25, 0.3) is 0 Å². The van der Waals surface area contributed by atoms with Gasteiger partial charge in [-0.1, -0.05) is 33.6 Å². The van der Waals surface area contributed by atoms with Crippen LogP contribution in [0.4, 0.5) is 0 Å². The second-order valence-corrected chi connectivity index (χ2v) is 16.3. The molecule has 0 aliphatic heterocycles. The first-order valence-electron chi connectivity index (χ1n) is 20.2. The van der Waals surface area contributed by atoms with Crippen molar-refractivity contribution in [2.45, 2.75) is 233 Å². The molecule has 0 aromatic carbocycles. The fourth-order valence-electron chi connectivity index (χ4n) is 6.19. The van der Waals surface area contributed by atoms with E-state index in [1.54, 1.807) is 0 Å². The van der Waals surface area contributed by atoms with Gasteiger partial charge in [-0.2, -0.15) is 0 Å². The maximum absolute atomic E-state index is 11.4. The Kier molecular flexibility index (Phi) is 37.0. The third-order valence-corrected chi connectivity index (χ3v) is 11.5. The summed E-state index contributed by atoms with van der Waals surface area (Å²) in [5.41, 5.74) is 0. The molecule has 0 saturated carbocycles. The van der Waals surface area contributed by atoms with Crippen LogP contribution in [0.2, 0.25) is 0 Å². The normalized spacial score (nSPS) is 12.4. The summed E-state index contributed by atoms with van der Waals surface area (Å²) in [6.07, 6.45) is 44.8. The van der Waals surface area contributed by atoms with Crippen molar-refractivity contribution < 1.29 is 13.9 Å². The van der Waals surface area contributed by atoms with E-state index in [1.807, 2.05) is 0 Å². The molecular formula is C39H83O3P. The van der Waals surface area contributed by atoms with E-state index >= 15 is 0 Å². The summed E-state index contributed by atoms with van der Waals surface area (Å²) in [7, 11) is -3.04. The zero-order chi connectivity index (χ0) is 31.4. The predicted molar refractivity (Wildman–Crippen MR) is 197 cm³/mol. The molecule has 3 nitrogen and oxygen atoms in total. The van der Waals surface area contributed by atoms with E-state index in [0.717, 1.165) is 25.4 Å². The minimum absolute atomic E-state index is 0.677. The molecule has 0 radical (unpaired) electrons. The molecule has 0 saturated heterocycles. The van der Waals surface area contributed by atoms with Crippen molar-refractivity contribution in [1.82, 2.24) is 0 Å². The molecule has 0 heterocycles. The summed E-state index contributed by atoms with van der Waals surface area (Å²) in [6.45, 7) is 8.22. The van der Waals surface area contributed by atoms with Gasteiger partial charge < -0.3 is 0 Å². The fourth-order valence-corrected chi connectivity index (χ4v) is 8.19. The van der Waals surface area contributed by atoms with Crippen LogP contribution < -0.4 is 0 Å². The van der Waals surface area contributed by atoms with Crippen LogP contribution in [0.15, 0.2) is 0 Å². The summed E-state index contributed by atoms with van der Waals surface area (Å²) in [5.74, 6) is 0. The average molecular weight is 631 g/mol. The number of unbranched alkanes of at least 4 members (excludes halogenated alkanes) is 30. The van der Waals surface area contributed by atoms with Crippen LogP contribution in [-0.2, 0) is 9.05 Å². The number of rotatable bonds is 38. The third-order valence-electron chi connectivity index (χ3n) is 9.25. The Morgan fingerprint density at radius 3 is 0.767 bits per heavy atom. The molecule has 0 spiro atoms. The van der Waals surface area contributed by atoms with Gasteiger partial charge in [0.15, 0.2) is 0 Å². The quantitative estimate of drug-likeness (QED) is 0.0545. The Hall–Kier alpha value is 0.310. The molecule has 0 rings (SSSR count). The standard InChI is InChI=1S/C39H83O3P/c1-4-7-10-13-16-19-22-25-28-31-34-37-41-43(40,39-36-33-30-27-24-21-18-15-12-9-6-3)42-38-35-32-29-26-23-20-17-14-11-8-5-2/h40,43H,4-39H2,1-3H3. The van der Waals surface area contributed by atoms with Crippen molar-refractivity contribution in [2.24, 2.45) is 0 Å². The van der Waals surface area contributed by atoms with Crippen LogP contribution in [0.5, 0.6) is 0 Å². The fraction of sp³-hybridized carbons (Fsp3) is 1.00. The van der Waals surface area contributed by atoms with Gasteiger partial charge in [0.25, 0.3) is 0 Å². The molecule has 0 bridgehead atoms. The molecule has 0 aromatic heterocycles. The predicted octanol–water partition coefficient (Wildman–Crippen LogP) is 14.4. The van der Waals surface area contributed by atoms with Crippen molar-refractivity contribution in [1.29, 1.82) is 0 Å². The summed E-state index contributed by atoms with van der Waals surface area (Å²) in [4.78, 5) is 11.4. The monoisotopic (exact) mass is 631 g/mol. The van der Waals surface area contributed by atoms with Gasteiger partial charge in [0.05, 0.1) is 0 Å². The van der Waals surface area contributed by atoms with Gasteiger partial charge in [-0.15, -0.1) is 0 Å². The summed E-state index contributed by atoms with van der Waals surface area (Å²) < 4.78 is 12.4. The van der Waals surface area contributed by atoms with Crippen LogP contribution in [-0.4, -0.2) is 24.3 Å². The van der Waals surface area contributed by atoms with E-state index in [2.05, 4.69) is 20.8 Å². The van der Waals surface area contributed by atoms with Crippen LogP contribution >= 0.6 is 7.94 Å². The van der Waals surface area contributed by atoms with E-state index in [1.165, 1.54) is 193 Å². The Morgan fingerprint density at radius 2 is 0.512 bits per heavy atom. The van der Waals surface area contributed by atoms with Crippen LogP contribution in [0.1, 0.15) is 233 Å². The second-order valence-electron chi connectivity index (χ2n) is 13.8. The van der Waals surface area contributed by atoms with Gasteiger partial charge in [0.1, 0.15) is 0 Å². The molecule has 262 valence electrons. The van der Waals surface area contributed by atoms with Crippen molar-refractivity contribution in [2.75, 3.05) is 19.4 Å². The molecule has 0 aliphatic carbocycles. The van der Waals surface area contributed by atoms with E-state index in [0.29, 0.717) is 13.2 Å². The van der Waals surface area contributed by atoms with Crippen LogP contribution in [0.3, 0.4) is 0 Å². The Balaban J connectivity index is 4.06. The number of hydrogen-bond donors (Lipinski definition) is 1. The molecule has 0 unspecified atom stereocenters. The first kappa shape index (κ1) is 43.3. The maximum atomic E-state index is 11.4. The van der Waals surface area contributed by atoms with Gasteiger partial charge in [0, 0.05) is 0 Å². The Bertz CT molecular complexity index is 473. The third kappa shape index (κ3) is 35.0. The topological polar surface area (TPSA) is 38.7 Å². The Morgan fingerprint density at radius 1 is 0.302 bits per heavy atom. The minimum Gasteiger partial charge on any atom is -0.0654 e. The molecule has 4 heteroatoms. The minimum atomic E-state index is -3.04. The van der Waals surface area contributed by atoms with Gasteiger partial charge in [-0.3, -0.25) is 0 Å². The van der Waals surface area contributed by atoms with E-state index < -0.39 is 7.94 Å². The molecule has 0 aliphatic rings. The van der Waals surface area contributed by atoms with Crippen molar-refractivity contribution >= 4 is 7.94 Å². The first-order valence-corrected chi connectivity index (χ1v) is 22.2. The smallest absolute Gasteiger partial charge is 0.0654 e. The molecule has 0 fully saturated rings. The molecule has 1 N–H and O–H groups in total. The zero-order valence-electron chi connectivity index (χ0n) is 30.2. The summed E-state index contributed by atoms with van der Waals surface area (Å²) in [5, 5.41) is 0. The van der Waals surface area contributed by atoms with E-state index in [9.17, 15) is 4.89 Å². The Labute approximate surface area is 273 Å². The van der Waals surface area contributed by atoms with Crippen molar-refractivity contribution in [3.8, 4) is 0 Å². The molecule has 0 amide bonds. The number of hydrogen-bond acceptors (Lipinski definition) is 3. The first-order chi connectivity index (χ1) is 21.2.